The van der Waals surface area contributed by atoms with Crippen molar-refractivity contribution in [3.8, 4) is 0 Å². The van der Waals surface area contributed by atoms with Gasteiger partial charge in [-0.15, -0.1) is 0 Å². The molecule has 4 rings (SSSR count). The molecular weight excluding hydrogens is 372 g/mol. The van der Waals surface area contributed by atoms with E-state index in [0.29, 0.717) is 29.8 Å². The number of rotatable bonds is 6. The van der Waals surface area contributed by atoms with Gasteiger partial charge in [0.25, 0.3) is 0 Å². The summed E-state index contributed by atoms with van der Waals surface area (Å²) in [5, 5.41) is 15.4. The van der Waals surface area contributed by atoms with E-state index in [4.69, 9.17) is 11.6 Å². The van der Waals surface area contributed by atoms with Gasteiger partial charge in [-0.25, -0.2) is 4.79 Å². The molecule has 0 radical (unpaired) electrons. The lowest BCUT2D eigenvalue weighted by molar-refractivity contribution is 0.0684. The molecule has 2 N–H and O–H groups in total. The van der Waals surface area contributed by atoms with Gasteiger partial charge >= 0.3 is 5.97 Å². The summed E-state index contributed by atoms with van der Waals surface area (Å²) in [6, 6.07) is 14.1. The molecule has 1 fully saturated rings. The molecule has 0 aliphatic heterocycles. The Morgan fingerprint density at radius 2 is 1.93 bits per heavy atom. The van der Waals surface area contributed by atoms with Crippen molar-refractivity contribution in [2.75, 3.05) is 0 Å². The fraction of sp³-hybridized carbons (Fsp3) is 0.348. The Labute approximate surface area is 170 Å². The first-order chi connectivity index (χ1) is 13.6. The number of carbonyl (C=O) groups is 1. The predicted octanol–water partition coefficient (Wildman–Crippen LogP) is 5.38. The SMILES string of the molecule is Cc1cccc2c1c(CNC1CCCC1)c(C(=O)O)n2Cc1ccccc1Cl. The summed E-state index contributed by atoms with van der Waals surface area (Å²) in [6.07, 6.45) is 4.83. The third kappa shape index (κ3) is 3.54. The van der Waals surface area contributed by atoms with Crippen LogP contribution in [0.25, 0.3) is 10.9 Å². The third-order valence-electron chi connectivity index (χ3n) is 5.81. The number of hydrogen-bond donors (Lipinski definition) is 2. The number of aromatic nitrogens is 1. The average Bonchev–Trinajstić information content (AvgIpc) is 3.29. The van der Waals surface area contributed by atoms with Gasteiger partial charge in [0.15, 0.2) is 0 Å². The molecule has 2 aromatic carbocycles. The van der Waals surface area contributed by atoms with Gasteiger partial charge in [0.2, 0.25) is 0 Å². The molecule has 28 heavy (non-hydrogen) atoms. The highest BCUT2D eigenvalue weighted by Crippen LogP contribution is 2.31. The van der Waals surface area contributed by atoms with Crippen LogP contribution in [0.5, 0.6) is 0 Å². The minimum absolute atomic E-state index is 0.356. The zero-order chi connectivity index (χ0) is 19.7. The van der Waals surface area contributed by atoms with Gasteiger partial charge in [0, 0.05) is 40.6 Å². The van der Waals surface area contributed by atoms with Crippen LogP contribution in [0, 0.1) is 6.92 Å². The zero-order valence-electron chi connectivity index (χ0n) is 16.0. The lowest BCUT2D eigenvalue weighted by Gasteiger charge is -2.13. The van der Waals surface area contributed by atoms with Crippen LogP contribution in [-0.4, -0.2) is 21.7 Å². The number of aryl methyl sites for hydroxylation is 1. The molecule has 0 atom stereocenters. The van der Waals surface area contributed by atoms with Crippen LogP contribution in [0.1, 0.15) is 52.9 Å². The molecule has 3 aromatic rings. The molecule has 0 amide bonds. The average molecular weight is 397 g/mol. The van der Waals surface area contributed by atoms with E-state index in [1.165, 1.54) is 25.7 Å². The van der Waals surface area contributed by atoms with Gasteiger partial charge in [0.1, 0.15) is 5.69 Å². The normalized spacial score (nSPS) is 14.8. The van der Waals surface area contributed by atoms with Gasteiger partial charge in [-0.05, 0) is 43.0 Å². The Morgan fingerprint density at radius 1 is 1.18 bits per heavy atom. The highest BCUT2D eigenvalue weighted by molar-refractivity contribution is 6.31. The van der Waals surface area contributed by atoms with E-state index in [1.54, 1.807) is 0 Å². The van der Waals surface area contributed by atoms with Crippen LogP contribution in [0.4, 0.5) is 0 Å². The molecule has 0 spiro atoms. The number of carboxylic acid groups (broad SMARTS) is 1. The van der Waals surface area contributed by atoms with Crippen molar-refractivity contribution in [2.24, 2.45) is 0 Å². The minimum Gasteiger partial charge on any atom is -0.477 e. The second-order valence-electron chi connectivity index (χ2n) is 7.64. The first-order valence-electron chi connectivity index (χ1n) is 9.87. The summed E-state index contributed by atoms with van der Waals surface area (Å²) < 4.78 is 1.90. The number of hydrogen-bond acceptors (Lipinski definition) is 2. The minimum atomic E-state index is -0.897. The maximum absolute atomic E-state index is 12.3. The third-order valence-corrected chi connectivity index (χ3v) is 6.18. The highest BCUT2D eigenvalue weighted by atomic mass is 35.5. The van der Waals surface area contributed by atoms with Crippen molar-refractivity contribution in [1.29, 1.82) is 0 Å². The Bertz CT molecular complexity index is 1020. The van der Waals surface area contributed by atoms with Crippen LogP contribution in [0.2, 0.25) is 5.02 Å². The zero-order valence-corrected chi connectivity index (χ0v) is 16.8. The molecule has 0 bridgehead atoms. The number of halogens is 1. The summed E-state index contributed by atoms with van der Waals surface area (Å²) in [7, 11) is 0. The highest BCUT2D eigenvalue weighted by Gasteiger charge is 2.25. The molecule has 1 aliphatic rings. The van der Waals surface area contributed by atoms with Gasteiger partial charge in [-0.2, -0.15) is 0 Å². The van der Waals surface area contributed by atoms with Crippen molar-refractivity contribution < 1.29 is 9.90 Å². The number of fused-ring (bicyclic) bond motifs is 1. The van der Waals surface area contributed by atoms with Crippen LogP contribution in [0.3, 0.4) is 0 Å². The fourth-order valence-electron chi connectivity index (χ4n) is 4.43. The monoisotopic (exact) mass is 396 g/mol. The topological polar surface area (TPSA) is 54.3 Å². The van der Waals surface area contributed by atoms with E-state index in [-0.39, 0.29) is 0 Å². The molecular formula is C23H25ClN2O2. The van der Waals surface area contributed by atoms with E-state index in [0.717, 1.165) is 27.6 Å². The molecule has 1 saturated carbocycles. The van der Waals surface area contributed by atoms with E-state index >= 15 is 0 Å². The van der Waals surface area contributed by atoms with Crippen molar-refractivity contribution in [2.45, 2.75) is 51.7 Å². The van der Waals surface area contributed by atoms with Gasteiger partial charge in [0.05, 0.1) is 0 Å². The number of benzene rings is 2. The summed E-state index contributed by atoms with van der Waals surface area (Å²) >= 11 is 6.37. The second-order valence-corrected chi connectivity index (χ2v) is 8.05. The van der Waals surface area contributed by atoms with Crippen LogP contribution >= 0.6 is 11.6 Å². The van der Waals surface area contributed by atoms with Crippen molar-refractivity contribution >= 4 is 28.5 Å². The van der Waals surface area contributed by atoms with E-state index < -0.39 is 5.97 Å². The lowest BCUT2D eigenvalue weighted by atomic mass is 10.1. The number of nitrogens with one attached hydrogen (secondary N) is 1. The quantitative estimate of drug-likeness (QED) is 0.588. The first-order valence-corrected chi connectivity index (χ1v) is 10.2. The second kappa shape index (κ2) is 7.98. The maximum atomic E-state index is 12.3. The van der Waals surface area contributed by atoms with E-state index in [9.17, 15) is 9.90 Å². The van der Waals surface area contributed by atoms with Gasteiger partial charge in [-0.1, -0.05) is 54.8 Å². The standard InChI is InChI=1S/C23H25ClN2O2/c1-15-7-6-12-20-21(15)18(13-25-17-9-3-4-10-17)22(23(27)28)26(20)14-16-8-2-5-11-19(16)24/h2,5-8,11-12,17,25H,3-4,9-10,13-14H2,1H3,(H,27,28). The number of aromatic carboxylic acids is 1. The van der Waals surface area contributed by atoms with E-state index in [1.807, 2.05) is 54.0 Å². The Hall–Kier alpha value is -2.30. The predicted molar refractivity (Wildman–Crippen MR) is 113 cm³/mol. The molecule has 1 aromatic heterocycles. The van der Waals surface area contributed by atoms with Crippen LogP contribution < -0.4 is 5.32 Å². The smallest absolute Gasteiger partial charge is 0.352 e. The number of nitrogens with zero attached hydrogens (tertiary/aromatic N) is 1. The molecule has 0 unspecified atom stereocenters. The lowest BCUT2D eigenvalue weighted by Crippen LogP contribution is -2.26. The van der Waals surface area contributed by atoms with Gasteiger partial charge < -0.3 is 15.0 Å². The molecule has 1 aliphatic carbocycles. The number of carboxylic acids is 1. The molecule has 0 saturated heterocycles. The maximum Gasteiger partial charge on any atom is 0.352 e. The van der Waals surface area contributed by atoms with Crippen molar-refractivity contribution in [3.63, 3.8) is 0 Å². The molecule has 4 nitrogen and oxygen atoms in total. The molecule has 5 heteroatoms. The van der Waals surface area contributed by atoms with Crippen LogP contribution in [-0.2, 0) is 13.1 Å². The van der Waals surface area contributed by atoms with Gasteiger partial charge in [-0.3, -0.25) is 0 Å². The Morgan fingerprint density at radius 3 is 2.64 bits per heavy atom. The fourth-order valence-corrected chi connectivity index (χ4v) is 4.62. The van der Waals surface area contributed by atoms with Crippen LogP contribution in [0.15, 0.2) is 42.5 Å². The summed E-state index contributed by atoms with van der Waals surface area (Å²) in [6.45, 7) is 3.06. The van der Waals surface area contributed by atoms with Crippen molar-refractivity contribution in [1.82, 2.24) is 9.88 Å². The summed E-state index contributed by atoms with van der Waals surface area (Å²) in [5.41, 5.74) is 4.19. The molecule has 146 valence electrons. The Kier molecular flexibility index (Phi) is 5.42. The Balaban J connectivity index is 1.83. The summed E-state index contributed by atoms with van der Waals surface area (Å²) in [5.74, 6) is -0.897. The first kappa shape index (κ1) is 19.0. The largest absolute Gasteiger partial charge is 0.477 e. The van der Waals surface area contributed by atoms with E-state index in [2.05, 4.69) is 5.32 Å². The van der Waals surface area contributed by atoms with Crippen molar-refractivity contribution in [3.05, 3.63) is 69.9 Å². The molecule has 1 heterocycles. The summed E-state index contributed by atoms with van der Waals surface area (Å²) in [4.78, 5) is 12.3.